The maximum absolute atomic E-state index is 12.2. The van der Waals surface area contributed by atoms with Crippen molar-refractivity contribution in [2.24, 2.45) is 0 Å². The lowest BCUT2D eigenvalue weighted by atomic mass is 10.1. The Morgan fingerprint density at radius 3 is 2.75 bits per heavy atom. The van der Waals surface area contributed by atoms with Crippen molar-refractivity contribution in [1.29, 1.82) is 5.26 Å². The highest BCUT2D eigenvalue weighted by molar-refractivity contribution is 7.18. The molecule has 3 nitrogen and oxygen atoms in total. The molecular formula is C15H12ClNO2S. The molecule has 0 aliphatic heterocycles. The third-order valence-corrected chi connectivity index (χ3v) is 4.05. The van der Waals surface area contributed by atoms with Gasteiger partial charge in [-0.2, -0.15) is 5.26 Å². The van der Waals surface area contributed by atoms with Gasteiger partial charge >= 0.3 is 0 Å². The van der Waals surface area contributed by atoms with E-state index in [1.807, 2.05) is 6.92 Å². The van der Waals surface area contributed by atoms with Gasteiger partial charge in [-0.3, -0.25) is 4.79 Å². The van der Waals surface area contributed by atoms with Crippen LogP contribution in [-0.2, 0) is 0 Å². The number of aryl methyl sites for hydroxylation is 1. The molecule has 1 unspecified atom stereocenters. The molecule has 5 heteroatoms. The second-order valence-electron chi connectivity index (χ2n) is 4.32. The summed E-state index contributed by atoms with van der Waals surface area (Å²) in [5, 5.41) is 8.89. The number of carbonyl (C=O) groups is 1. The van der Waals surface area contributed by atoms with E-state index in [1.54, 1.807) is 37.3 Å². The van der Waals surface area contributed by atoms with Crippen LogP contribution in [0.2, 0.25) is 4.34 Å². The lowest BCUT2D eigenvalue weighted by Crippen LogP contribution is -2.23. The summed E-state index contributed by atoms with van der Waals surface area (Å²) in [5.74, 6) is 0.427. The molecule has 0 saturated heterocycles. The Kier molecular flexibility index (Phi) is 4.43. The monoisotopic (exact) mass is 305 g/mol. The number of hydrogen-bond acceptors (Lipinski definition) is 4. The number of ketones is 1. The van der Waals surface area contributed by atoms with Gasteiger partial charge in [0.05, 0.1) is 20.8 Å². The van der Waals surface area contributed by atoms with E-state index < -0.39 is 6.10 Å². The van der Waals surface area contributed by atoms with Crippen LogP contribution >= 0.6 is 22.9 Å². The quantitative estimate of drug-likeness (QED) is 0.794. The molecule has 2 rings (SSSR count). The molecule has 0 saturated carbocycles. The smallest absolute Gasteiger partial charge is 0.212 e. The molecule has 0 spiro atoms. The van der Waals surface area contributed by atoms with Gasteiger partial charge < -0.3 is 4.74 Å². The zero-order valence-electron chi connectivity index (χ0n) is 11.0. The summed E-state index contributed by atoms with van der Waals surface area (Å²) < 4.78 is 6.25. The van der Waals surface area contributed by atoms with E-state index >= 15 is 0 Å². The van der Waals surface area contributed by atoms with Crippen molar-refractivity contribution in [3.8, 4) is 11.8 Å². The van der Waals surface area contributed by atoms with Gasteiger partial charge in [-0.1, -0.05) is 17.7 Å². The topological polar surface area (TPSA) is 50.1 Å². The minimum Gasteiger partial charge on any atom is -0.482 e. The van der Waals surface area contributed by atoms with E-state index in [9.17, 15) is 4.79 Å². The molecule has 2 aromatic rings. The van der Waals surface area contributed by atoms with Crippen LogP contribution < -0.4 is 4.74 Å². The lowest BCUT2D eigenvalue weighted by Gasteiger charge is -2.15. The molecule has 0 N–H and O–H groups in total. The van der Waals surface area contributed by atoms with Gasteiger partial charge in [0, 0.05) is 0 Å². The zero-order valence-corrected chi connectivity index (χ0v) is 12.6. The number of benzene rings is 1. The first-order valence-corrected chi connectivity index (χ1v) is 7.17. The average Bonchev–Trinajstić information content (AvgIpc) is 2.87. The summed E-state index contributed by atoms with van der Waals surface area (Å²) >= 11 is 7.05. The fourth-order valence-electron chi connectivity index (χ4n) is 1.69. The third kappa shape index (κ3) is 3.19. The maximum Gasteiger partial charge on any atom is 0.212 e. The molecule has 1 aromatic carbocycles. The Balaban J connectivity index is 2.17. The van der Waals surface area contributed by atoms with Crippen LogP contribution in [0.1, 0.15) is 27.7 Å². The fraction of sp³-hybridized carbons (Fsp3) is 0.200. The zero-order chi connectivity index (χ0) is 14.7. The SMILES string of the molecule is Cc1ccc(C#N)cc1OC(C)C(=O)c1ccc(Cl)s1. The van der Waals surface area contributed by atoms with Crippen molar-refractivity contribution in [3.63, 3.8) is 0 Å². The van der Waals surface area contributed by atoms with Gasteiger partial charge in [-0.05, 0) is 43.7 Å². The highest BCUT2D eigenvalue weighted by atomic mass is 35.5. The van der Waals surface area contributed by atoms with Crippen molar-refractivity contribution < 1.29 is 9.53 Å². The predicted molar refractivity (Wildman–Crippen MR) is 79.6 cm³/mol. The molecule has 102 valence electrons. The summed E-state index contributed by atoms with van der Waals surface area (Å²) in [5.41, 5.74) is 1.39. The van der Waals surface area contributed by atoms with Crippen LogP contribution in [0.4, 0.5) is 0 Å². The first kappa shape index (κ1) is 14.6. The van der Waals surface area contributed by atoms with Crippen molar-refractivity contribution >= 4 is 28.7 Å². The van der Waals surface area contributed by atoms with E-state index in [2.05, 4.69) is 6.07 Å². The van der Waals surface area contributed by atoms with Gasteiger partial charge in [0.2, 0.25) is 5.78 Å². The molecule has 0 amide bonds. The number of ether oxygens (including phenoxy) is 1. The van der Waals surface area contributed by atoms with E-state index in [4.69, 9.17) is 21.6 Å². The molecule has 0 aliphatic rings. The second-order valence-corrected chi connectivity index (χ2v) is 6.04. The van der Waals surface area contributed by atoms with Crippen LogP contribution in [0.25, 0.3) is 0 Å². The van der Waals surface area contributed by atoms with Crippen molar-refractivity contribution in [3.05, 3.63) is 50.7 Å². The Morgan fingerprint density at radius 1 is 1.40 bits per heavy atom. The van der Waals surface area contributed by atoms with Gasteiger partial charge in [-0.15, -0.1) is 11.3 Å². The summed E-state index contributed by atoms with van der Waals surface area (Å²) in [6.45, 7) is 3.56. The summed E-state index contributed by atoms with van der Waals surface area (Å²) in [7, 11) is 0. The van der Waals surface area contributed by atoms with Gasteiger partial charge in [0.25, 0.3) is 0 Å². The normalized spacial score (nSPS) is 11.7. The third-order valence-electron chi connectivity index (χ3n) is 2.81. The van der Waals surface area contributed by atoms with Gasteiger partial charge in [0.15, 0.2) is 6.10 Å². The van der Waals surface area contributed by atoms with Gasteiger partial charge in [0.1, 0.15) is 5.75 Å². The summed E-state index contributed by atoms with van der Waals surface area (Å²) in [6.07, 6.45) is -0.627. The first-order valence-electron chi connectivity index (χ1n) is 5.98. The largest absolute Gasteiger partial charge is 0.482 e. The van der Waals surface area contributed by atoms with Crippen molar-refractivity contribution in [2.75, 3.05) is 0 Å². The molecule has 1 atom stereocenters. The van der Waals surface area contributed by atoms with Crippen LogP contribution in [-0.4, -0.2) is 11.9 Å². The number of carbonyl (C=O) groups excluding carboxylic acids is 1. The number of nitriles is 1. The molecule has 0 fully saturated rings. The standard InChI is InChI=1S/C15H12ClNO2S/c1-9-3-4-11(8-17)7-12(9)19-10(2)15(18)13-5-6-14(16)20-13/h3-7,10H,1-2H3. The van der Waals surface area contributed by atoms with Crippen molar-refractivity contribution in [1.82, 2.24) is 0 Å². The van der Waals surface area contributed by atoms with Crippen LogP contribution in [0, 0.1) is 18.3 Å². The van der Waals surface area contributed by atoms with E-state index in [1.165, 1.54) is 11.3 Å². The molecule has 1 heterocycles. The minimum absolute atomic E-state index is 0.122. The number of rotatable bonds is 4. The van der Waals surface area contributed by atoms with E-state index in [0.29, 0.717) is 20.5 Å². The predicted octanol–water partition coefficient (Wildman–Crippen LogP) is 4.23. The molecule has 0 aliphatic carbocycles. The molecule has 1 aromatic heterocycles. The second kappa shape index (κ2) is 6.08. The highest BCUT2D eigenvalue weighted by Gasteiger charge is 2.19. The maximum atomic E-state index is 12.2. The van der Waals surface area contributed by atoms with E-state index in [-0.39, 0.29) is 5.78 Å². The summed E-state index contributed by atoms with van der Waals surface area (Å²) in [4.78, 5) is 12.8. The number of Topliss-reactive ketones (excluding diaryl/α,β-unsaturated/α-hetero) is 1. The lowest BCUT2D eigenvalue weighted by molar-refractivity contribution is 0.0821. The Hall–Kier alpha value is -1.83. The van der Waals surface area contributed by atoms with Crippen molar-refractivity contribution in [2.45, 2.75) is 20.0 Å². The molecule has 20 heavy (non-hydrogen) atoms. The Bertz CT molecular complexity index is 687. The van der Waals surface area contributed by atoms with Crippen LogP contribution in [0.3, 0.4) is 0 Å². The molecule has 0 bridgehead atoms. The molecule has 0 radical (unpaired) electrons. The number of hydrogen-bond donors (Lipinski definition) is 0. The Labute approximate surface area is 126 Å². The fourth-order valence-corrected chi connectivity index (χ4v) is 2.75. The average molecular weight is 306 g/mol. The first-order chi connectivity index (χ1) is 9.51. The highest BCUT2D eigenvalue weighted by Crippen LogP contribution is 2.25. The van der Waals surface area contributed by atoms with Crippen LogP contribution in [0.5, 0.6) is 5.75 Å². The minimum atomic E-state index is -0.627. The number of halogens is 1. The van der Waals surface area contributed by atoms with Crippen LogP contribution in [0.15, 0.2) is 30.3 Å². The number of nitrogens with zero attached hydrogens (tertiary/aromatic N) is 1. The van der Waals surface area contributed by atoms with E-state index in [0.717, 1.165) is 5.56 Å². The molecular weight excluding hydrogens is 294 g/mol. The number of thiophene rings is 1. The Morgan fingerprint density at radius 2 is 2.15 bits per heavy atom. The van der Waals surface area contributed by atoms with Gasteiger partial charge in [-0.25, -0.2) is 0 Å². The summed E-state index contributed by atoms with van der Waals surface area (Å²) in [6, 6.07) is 10.6.